The number of aromatic nitrogens is 1. The van der Waals surface area contributed by atoms with E-state index in [-0.39, 0.29) is 75.7 Å². The van der Waals surface area contributed by atoms with Gasteiger partial charge in [0.05, 0.1) is 18.2 Å². The summed E-state index contributed by atoms with van der Waals surface area (Å²) >= 11 is 0. The van der Waals surface area contributed by atoms with Crippen molar-refractivity contribution in [3.63, 3.8) is 0 Å². The monoisotopic (exact) mass is 892 g/mol. The van der Waals surface area contributed by atoms with Crippen molar-refractivity contribution in [1.82, 2.24) is 41.8 Å². The van der Waals surface area contributed by atoms with Gasteiger partial charge in [0.1, 0.15) is 36.6 Å². The van der Waals surface area contributed by atoms with Gasteiger partial charge in [-0.2, -0.15) is 0 Å². The molecule has 2 aliphatic heterocycles. The lowest BCUT2D eigenvalue weighted by molar-refractivity contribution is -0.142. The van der Waals surface area contributed by atoms with Gasteiger partial charge in [-0.05, 0) is 62.3 Å². The molecule has 3 aromatic rings. The number of ketones is 1. The van der Waals surface area contributed by atoms with Crippen molar-refractivity contribution >= 4 is 40.4 Å². The highest BCUT2D eigenvalue weighted by Crippen LogP contribution is 2.24. The Morgan fingerprint density at radius 1 is 0.891 bits per heavy atom. The van der Waals surface area contributed by atoms with Crippen molar-refractivity contribution in [1.29, 1.82) is 5.41 Å². The number of carbonyl (C=O) groups is 4. The Morgan fingerprint density at radius 3 is 2.38 bits per heavy atom. The van der Waals surface area contributed by atoms with Gasteiger partial charge in [0.15, 0.2) is 5.96 Å². The number of carbonyl (C=O) groups excluding carboxylic acids is 4. The van der Waals surface area contributed by atoms with Crippen molar-refractivity contribution in [3.8, 4) is 0 Å². The summed E-state index contributed by atoms with van der Waals surface area (Å²) in [7, 11) is 0. The normalized spacial score (nSPS) is 28.5. The van der Waals surface area contributed by atoms with E-state index in [0.717, 1.165) is 22.0 Å². The Bertz CT molecular complexity index is 1970. The summed E-state index contributed by atoms with van der Waals surface area (Å²) in [5.74, 6) is -2.52. The predicted molar refractivity (Wildman–Crippen MR) is 242 cm³/mol. The summed E-state index contributed by atoms with van der Waals surface area (Å²) in [4.78, 5) is 59.8. The molecule has 0 saturated carbocycles. The first-order chi connectivity index (χ1) is 30.7. The highest BCUT2D eigenvalue weighted by molar-refractivity contribution is 5.93. The maximum absolute atomic E-state index is 14.5. The van der Waals surface area contributed by atoms with Gasteiger partial charge in [-0.1, -0.05) is 61.9 Å². The molecule has 64 heavy (non-hydrogen) atoms. The molecule has 16 N–H and O–H groups in total. The number of amides is 3. The highest BCUT2D eigenvalue weighted by Gasteiger charge is 2.42. The smallest absolute Gasteiger partial charge is 0.243 e. The first-order valence-corrected chi connectivity index (χ1v) is 22.5. The van der Waals surface area contributed by atoms with Gasteiger partial charge in [-0.3, -0.25) is 35.2 Å². The maximum Gasteiger partial charge on any atom is 0.243 e. The van der Waals surface area contributed by atoms with Crippen LogP contribution in [0.2, 0.25) is 0 Å². The van der Waals surface area contributed by atoms with E-state index in [0.29, 0.717) is 38.8 Å². The van der Waals surface area contributed by atoms with Crippen LogP contribution in [0.15, 0.2) is 60.8 Å². The average Bonchev–Trinajstić information content (AvgIpc) is 3.87. The number of para-hydroxylation sites is 1. The third-order valence-electron chi connectivity index (χ3n) is 12.2. The number of benzene rings is 2. The van der Waals surface area contributed by atoms with Crippen LogP contribution in [0.1, 0.15) is 75.8 Å². The molecule has 0 aliphatic carbocycles. The minimum Gasteiger partial charge on any atom is -0.391 e. The summed E-state index contributed by atoms with van der Waals surface area (Å²) in [5.41, 5.74) is 14.0. The standard InChI is InChI=1S/C45H69N11O8/c1-27-16-17-30(57)18-21-49-19-8-7-14-34(39(46)59)52-42(62)37(23-29-25-51-33-13-6-5-12-32(29)33)54-40(60)35(15-9-20-50-45(47)48)53-41(61)36(22-28-10-3-2-4-11-28)55-43(63)38-24-31(58)26-56(38)44(27)64/h2-6,10-13,25,27,31,34-40,42,49,51-52,54,58-60,62H,7-9,14-24,26,46H2,1H3,(H,53,61)(H,55,63)(H4,47,48,50)/t27-,31+,34-,35-,36+,37-,38-,39-,40-,42-/m0/s1. The topological polar surface area (TPSA) is 316 Å². The molecule has 352 valence electrons. The lowest BCUT2D eigenvalue weighted by atomic mass is 9.99. The number of aromatic amines is 1. The fraction of sp³-hybridized carbons (Fsp3) is 0.578. The molecule has 2 saturated heterocycles. The number of nitrogens with zero attached hydrogens (tertiary/aromatic N) is 1. The van der Waals surface area contributed by atoms with Gasteiger partial charge in [0.2, 0.25) is 17.7 Å². The molecule has 10 atom stereocenters. The zero-order valence-corrected chi connectivity index (χ0v) is 36.7. The fourth-order valence-corrected chi connectivity index (χ4v) is 8.47. The number of aliphatic hydroxyl groups is 4. The first-order valence-electron chi connectivity index (χ1n) is 22.5. The number of Topliss-reactive ketones (excluding diaryl/α,β-unsaturated/α-hetero) is 1. The molecular weight excluding hydrogens is 823 g/mol. The van der Waals surface area contributed by atoms with Crippen molar-refractivity contribution in [2.45, 2.75) is 133 Å². The van der Waals surface area contributed by atoms with Gasteiger partial charge >= 0.3 is 0 Å². The molecule has 19 heteroatoms. The van der Waals surface area contributed by atoms with Gasteiger partial charge in [0.25, 0.3) is 0 Å². The van der Waals surface area contributed by atoms with Crippen molar-refractivity contribution in [3.05, 3.63) is 71.9 Å². The molecular formula is C45H69N11O8. The van der Waals surface area contributed by atoms with E-state index in [2.05, 4.69) is 36.9 Å². The van der Waals surface area contributed by atoms with Crippen LogP contribution in [0, 0.1) is 11.3 Å². The van der Waals surface area contributed by atoms with Gasteiger partial charge < -0.3 is 63.0 Å². The Morgan fingerprint density at radius 2 is 1.62 bits per heavy atom. The second kappa shape index (κ2) is 24.9. The van der Waals surface area contributed by atoms with Gasteiger partial charge in [0, 0.05) is 74.4 Å². The number of aliphatic hydroxyl groups excluding tert-OH is 4. The van der Waals surface area contributed by atoms with Crippen LogP contribution in [0.4, 0.5) is 0 Å². The van der Waals surface area contributed by atoms with Crippen LogP contribution in [-0.4, -0.2) is 141 Å². The Balaban J connectivity index is 1.47. The van der Waals surface area contributed by atoms with Crippen LogP contribution in [0.3, 0.4) is 0 Å². The second-order valence-electron chi connectivity index (χ2n) is 17.2. The number of nitrogens with one attached hydrogen (secondary N) is 8. The van der Waals surface area contributed by atoms with E-state index in [1.807, 2.05) is 36.5 Å². The second-order valence-corrected chi connectivity index (χ2v) is 17.2. The molecule has 3 amide bonds. The lowest BCUT2D eigenvalue weighted by Crippen LogP contribution is -2.62. The summed E-state index contributed by atoms with van der Waals surface area (Å²) in [6.45, 7) is 2.90. The van der Waals surface area contributed by atoms with Crippen LogP contribution in [0.25, 0.3) is 10.9 Å². The molecule has 0 radical (unpaired) electrons. The third-order valence-corrected chi connectivity index (χ3v) is 12.2. The number of nitrogens with two attached hydrogens (primary N) is 2. The molecule has 2 fully saturated rings. The van der Waals surface area contributed by atoms with Crippen molar-refractivity contribution < 1.29 is 39.6 Å². The molecule has 2 aliphatic rings. The highest BCUT2D eigenvalue weighted by atomic mass is 16.3. The molecule has 1 aromatic heterocycles. The predicted octanol–water partition coefficient (Wildman–Crippen LogP) is -0.873. The first kappa shape index (κ1) is 50.0. The quantitative estimate of drug-likeness (QED) is 0.0538. The maximum atomic E-state index is 14.5. The minimum atomic E-state index is -1.49. The van der Waals surface area contributed by atoms with Crippen molar-refractivity contribution in [2.24, 2.45) is 17.4 Å². The van der Waals surface area contributed by atoms with Crippen LogP contribution in [0.5, 0.6) is 0 Å². The summed E-state index contributed by atoms with van der Waals surface area (Å²) in [6, 6.07) is 11.7. The van der Waals surface area contributed by atoms with Gasteiger partial charge in [-0.15, -0.1) is 0 Å². The molecule has 0 spiro atoms. The number of rotatable bonds is 9. The Labute approximate surface area is 374 Å². The van der Waals surface area contributed by atoms with Crippen LogP contribution >= 0.6 is 0 Å². The summed E-state index contributed by atoms with van der Waals surface area (Å²) in [5, 5.41) is 71.7. The largest absolute Gasteiger partial charge is 0.391 e. The molecule has 19 nitrogen and oxygen atoms in total. The summed E-state index contributed by atoms with van der Waals surface area (Å²) in [6.07, 6.45) is -0.252. The molecule has 3 heterocycles. The van der Waals surface area contributed by atoms with Crippen molar-refractivity contribution in [2.75, 3.05) is 26.2 Å². The number of H-pyrrole nitrogens is 1. The minimum absolute atomic E-state index is 0.0158. The molecule has 0 unspecified atom stereocenters. The van der Waals surface area contributed by atoms with E-state index in [1.54, 1.807) is 31.2 Å². The van der Waals surface area contributed by atoms with Crippen LogP contribution < -0.4 is 43.4 Å². The van der Waals surface area contributed by atoms with E-state index < -0.39 is 72.7 Å². The number of guanidine groups is 1. The SMILES string of the molecule is C[C@H]1CCC(=O)CCNCCCC[C@@H]([C@@H](N)O)N[C@@H](O)[C@H](Cc2c[nH]c3ccccc23)N[C@@H](O)[C@H](CCCNC(=N)N)NC(=O)[C@@H](Cc2ccccc2)NC(=O)[C@@H]2C[C@@H](O)CN2C1=O. The van der Waals surface area contributed by atoms with Crippen LogP contribution in [-0.2, 0) is 32.0 Å². The molecule has 5 rings (SSSR count). The number of fused-ring (bicyclic) bond motifs is 2. The fourth-order valence-electron chi connectivity index (χ4n) is 8.47. The zero-order chi connectivity index (χ0) is 46.2. The van der Waals surface area contributed by atoms with Gasteiger partial charge in [-0.25, -0.2) is 0 Å². The number of hydrogen-bond donors (Lipinski definition) is 14. The Kier molecular flexibility index (Phi) is 19.5. The van der Waals surface area contributed by atoms with E-state index in [1.165, 1.54) is 4.90 Å². The molecule has 2 aromatic carbocycles. The van der Waals surface area contributed by atoms with E-state index in [9.17, 15) is 39.6 Å². The molecule has 0 bridgehead atoms. The van der Waals surface area contributed by atoms with E-state index >= 15 is 0 Å². The summed E-state index contributed by atoms with van der Waals surface area (Å²) < 4.78 is 0. The number of hydrogen-bond acceptors (Lipinski definition) is 13. The van der Waals surface area contributed by atoms with E-state index in [4.69, 9.17) is 16.9 Å². The zero-order valence-electron chi connectivity index (χ0n) is 36.7. The lowest BCUT2D eigenvalue weighted by Gasteiger charge is -2.34. The average molecular weight is 892 g/mol. The third kappa shape index (κ3) is 15.1. The Hall–Kier alpha value is -4.99.